The Morgan fingerprint density at radius 3 is 2.58 bits per heavy atom. The maximum absolute atomic E-state index is 11.2. The van der Waals surface area contributed by atoms with E-state index in [2.05, 4.69) is 5.32 Å². The van der Waals surface area contributed by atoms with E-state index < -0.39 is 17.9 Å². The fraction of sp³-hybridized carbons (Fsp3) is 0.333. The molecule has 5 nitrogen and oxygen atoms in total. The first-order chi connectivity index (χ1) is 8.90. The van der Waals surface area contributed by atoms with Crippen LogP contribution in [0, 0.1) is 0 Å². The van der Waals surface area contributed by atoms with Crippen LogP contribution < -0.4 is 11.1 Å². The summed E-state index contributed by atoms with van der Waals surface area (Å²) in [6, 6.07) is 4.30. The van der Waals surface area contributed by atoms with Gasteiger partial charge in [0.2, 0.25) is 5.91 Å². The van der Waals surface area contributed by atoms with Gasteiger partial charge in [-0.3, -0.25) is 9.59 Å². The van der Waals surface area contributed by atoms with Crippen molar-refractivity contribution in [3.63, 3.8) is 0 Å². The van der Waals surface area contributed by atoms with Gasteiger partial charge >= 0.3 is 5.97 Å². The van der Waals surface area contributed by atoms with Crippen LogP contribution in [-0.2, 0) is 16.1 Å². The molecule has 0 saturated heterocycles. The van der Waals surface area contributed by atoms with Crippen molar-refractivity contribution in [3.05, 3.63) is 33.8 Å². The number of rotatable bonds is 7. The van der Waals surface area contributed by atoms with Crippen LogP contribution in [0.1, 0.15) is 18.4 Å². The summed E-state index contributed by atoms with van der Waals surface area (Å²) in [6.07, 6.45) is 0.00479. The molecular formula is C12H14Cl2N2O3. The molecule has 0 spiro atoms. The number of amides is 1. The minimum atomic E-state index is -0.974. The van der Waals surface area contributed by atoms with E-state index in [1.807, 2.05) is 0 Å². The number of nitrogens with one attached hydrogen (secondary N) is 1. The Balaban J connectivity index is 2.60. The van der Waals surface area contributed by atoms with Crippen molar-refractivity contribution in [1.29, 1.82) is 0 Å². The Morgan fingerprint density at radius 2 is 2.05 bits per heavy atom. The van der Waals surface area contributed by atoms with Crippen LogP contribution in [0.15, 0.2) is 18.2 Å². The average Bonchev–Trinajstić information content (AvgIpc) is 2.30. The van der Waals surface area contributed by atoms with Crippen LogP contribution in [0.2, 0.25) is 10.0 Å². The predicted octanol–water partition coefficient (Wildman–Crippen LogP) is 1.80. The lowest BCUT2D eigenvalue weighted by molar-refractivity contribution is -0.137. The fourth-order valence-electron chi connectivity index (χ4n) is 1.51. The average molecular weight is 305 g/mol. The summed E-state index contributed by atoms with van der Waals surface area (Å²) >= 11 is 11.8. The van der Waals surface area contributed by atoms with E-state index in [-0.39, 0.29) is 12.8 Å². The highest BCUT2D eigenvalue weighted by Crippen LogP contribution is 2.20. The van der Waals surface area contributed by atoms with Crippen molar-refractivity contribution < 1.29 is 14.7 Å². The molecular weight excluding hydrogens is 291 g/mol. The zero-order chi connectivity index (χ0) is 14.4. The molecule has 1 atom stereocenters. The van der Waals surface area contributed by atoms with E-state index in [1.54, 1.807) is 18.2 Å². The number of nitrogens with two attached hydrogens (primary N) is 1. The second kappa shape index (κ2) is 7.33. The molecule has 1 rings (SSSR count). The number of carboxylic acid groups (broad SMARTS) is 1. The monoisotopic (exact) mass is 304 g/mol. The SMILES string of the molecule is NC(=O)[C@H](CCC(=O)O)NCc1ccc(Cl)cc1Cl. The number of carbonyl (C=O) groups excluding carboxylic acids is 1. The lowest BCUT2D eigenvalue weighted by Crippen LogP contribution is -2.41. The molecule has 0 aromatic heterocycles. The minimum Gasteiger partial charge on any atom is -0.481 e. The molecule has 1 amide bonds. The Morgan fingerprint density at radius 1 is 1.37 bits per heavy atom. The molecule has 1 aromatic rings. The van der Waals surface area contributed by atoms with Crippen LogP contribution in [0.3, 0.4) is 0 Å². The fourth-order valence-corrected chi connectivity index (χ4v) is 1.99. The van der Waals surface area contributed by atoms with Gasteiger partial charge in [0.05, 0.1) is 6.04 Å². The van der Waals surface area contributed by atoms with Gasteiger partial charge in [0.15, 0.2) is 0 Å². The van der Waals surface area contributed by atoms with Gasteiger partial charge in [-0.05, 0) is 24.1 Å². The second-order valence-electron chi connectivity index (χ2n) is 4.00. The summed E-state index contributed by atoms with van der Waals surface area (Å²) in [5.74, 6) is -1.57. The van der Waals surface area contributed by atoms with Gasteiger partial charge in [0, 0.05) is 23.0 Å². The Labute approximate surface area is 120 Å². The molecule has 0 bridgehead atoms. The van der Waals surface area contributed by atoms with Gasteiger partial charge < -0.3 is 16.2 Å². The molecule has 4 N–H and O–H groups in total. The second-order valence-corrected chi connectivity index (χ2v) is 4.85. The van der Waals surface area contributed by atoms with Crippen molar-refractivity contribution in [1.82, 2.24) is 5.32 Å². The molecule has 0 unspecified atom stereocenters. The van der Waals surface area contributed by atoms with E-state index >= 15 is 0 Å². The van der Waals surface area contributed by atoms with Gasteiger partial charge in [-0.1, -0.05) is 29.3 Å². The first kappa shape index (κ1) is 15.8. The van der Waals surface area contributed by atoms with Crippen molar-refractivity contribution >= 4 is 35.1 Å². The largest absolute Gasteiger partial charge is 0.481 e. The number of halogens is 2. The molecule has 0 heterocycles. The van der Waals surface area contributed by atoms with E-state index in [1.165, 1.54) is 0 Å². The Bertz CT molecular complexity index is 480. The van der Waals surface area contributed by atoms with E-state index in [9.17, 15) is 9.59 Å². The van der Waals surface area contributed by atoms with Crippen molar-refractivity contribution in [2.75, 3.05) is 0 Å². The summed E-state index contributed by atoms with van der Waals surface area (Å²) in [7, 11) is 0. The third-order valence-corrected chi connectivity index (χ3v) is 3.13. The van der Waals surface area contributed by atoms with E-state index in [4.69, 9.17) is 34.0 Å². The summed E-state index contributed by atoms with van der Waals surface area (Å²) in [6.45, 7) is 0.309. The molecule has 0 aliphatic carbocycles. The van der Waals surface area contributed by atoms with E-state index in [0.717, 1.165) is 5.56 Å². The third kappa shape index (κ3) is 5.46. The first-order valence-electron chi connectivity index (χ1n) is 5.58. The van der Waals surface area contributed by atoms with Crippen LogP contribution in [0.25, 0.3) is 0 Å². The molecule has 0 aliphatic rings. The number of benzene rings is 1. The minimum absolute atomic E-state index is 0.130. The lowest BCUT2D eigenvalue weighted by Gasteiger charge is -2.15. The number of hydrogen-bond acceptors (Lipinski definition) is 3. The van der Waals surface area contributed by atoms with Crippen LogP contribution in [0.4, 0.5) is 0 Å². The zero-order valence-corrected chi connectivity index (χ0v) is 11.5. The Hall–Kier alpha value is -1.30. The normalized spacial score (nSPS) is 12.1. The quantitative estimate of drug-likeness (QED) is 0.716. The molecule has 104 valence electrons. The highest BCUT2D eigenvalue weighted by Gasteiger charge is 2.16. The van der Waals surface area contributed by atoms with Crippen molar-refractivity contribution in [2.45, 2.75) is 25.4 Å². The number of aliphatic carboxylic acids is 1. The number of primary amides is 1. The van der Waals surface area contributed by atoms with Gasteiger partial charge in [0.25, 0.3) is 0 Å². The molecule has 0 fully saturated rings. The van der Waals surface area contributed by atoms with Crippen LogP contribution >= 0.6 is 23.2 Å². The van der Waals surface area contributed by atoms with Crippen LogP contribution in [0.5, 0.6) is 0 Å². The summed E-state index contributed by atoms with van der Waals surface area (Å²) < 4.78 is 0. The topological polar surface area (TPSA) is 92.4 Å². The van der Waals surface area contributed by atoms with Crippen molar-refractivity contribution in [3.8, 4) is 0 Å². The zero-order valence-electron chi connectivity index (χ0n) is 10.0. The standard InChI is InChI=1S/C12H14Cl2N2O3/c13-8-2-1-7(9(14)5-8)6-16-10(12(15)19)3-4-11(17)18/h1-2,5,10,16H,3-4,6H2,(H2,15,19)(H,17,18)/t10-/m0/s1. The molecule has 1 aromatic carbocycles. The third-order valence-electron chi connectivity index (χ3n) is 2.54. The highest BCUT2D eigenvalue weighted by atomic mass is 35.5. The summed E-state index contributed by atoms with van der Waals surface area (Å²) in [4.78, 5) is 21.7. The van der Waals surface area contributed by atoms with Crippen molar-refractivity contribution in [2.24, 2.45) is 5.73 Å². The molecule has 0 radical (unpaired) electrons. The maximum atomic E-state index is 11.2. The number of carbonyl (C=O) groups is 2. The van der Waals surface area contributed by atoms with Crippen LogP contribution in [-0.4, -0.2) is 23.0 Å². The summed E-state index contributed by atoms with van der Waals surface area (Å²) in [5.41, 5.74) is 5.96. The highest BCUT2D eigenvalue weighted by molar-refractivity contribution is 6.35. The molecule has 7 heteroatoms. The molecule has 0 aliphatic heterocycles. The molecule has 19 heavy (non-hydrogen) atoms. The first-order valence-corrected chi connectivity index (χ1v) is 6.34. The Kier molecular flexibility index (Phi) is 6.08. The van der Waals surface area contributed by atoms with Gasteiger partial charge in [-0.2, -0.15) is 0 Å². The number of hydrogen-bond donors (Lipinski definition) is 3. The van der Waals surface area contributed by atoms with Gasteiger partial charge in [0.1, 0.15) is 0 Å². The lowest BCUT2D eigenvalue weighted by atomic mass is 10.1. The van der Waals surface area contributed by atoms with Gasteiger partial charge in [-0.25, -0.2) is 0 Å². The van der Waals surface area contributed by atoms with E-state index in [0.29, 0.717) is 16.6 Å². The smallest absolute Gasteiger partial charge is 0.303 e. The predicted molar refractivity (Wildman–Crippen MR) is 73.2 cm³/mol. The maximum Gasteiger partial charge on any atom is 0.303 e. The summed E-state index contributed by atoms with van der Waals surface area (Å²) in [5, 5.41) is 12.5. The number of carboxylic acids is 1. The molecule has 0 saturated carbocycles. The van der Waals surface area contributed by atoms with Gasteiger partial charge in [-0.15, -0.1) is 0 Å².